The summed E-state index contributed by atoms with van der Waals surface area (Å²) >= 11 is 0. The van der Waals surface area contributed by atoms with Gasteiger partial charge in [0.15, 0.2) is 0 Å². The fourth-order valence-corrected chi connectivity index (χ4v) is 0.887. The van der Waals surface area contributed by atoms with Gasteiger partial charge in [-0.05, 0) is 13.0 Å². The Morgan fingerprint density at radius 3 is 3.15 bits per heavy atom. The topological polar surface area (TPSA) is 56.1 Å². The van der Waals surface area contributed by atoms with Crippen molar-refractivity contribution in [2.45, 2.75) is 13.5 Å². The van der Waals surface area contributed by atoms with Crippen LogP contribution in [0.4, 0.5) is 4.79 Å². The molecule has 0 fully saturated rings. The van der Waals surface area contributed by atoms with Crippen LogP contribution in [0, 0.1) is 0 Å². The van der Waals surface area contributed by atoms with E-state index in [1.165, 1.54) is 0 Å². The van der Waals surface area contributed by atoms with Crippen LogP contribution in [0.1, 0.15) is 6.92 Å². The molecule has 0 saturated heterocycles. The molecule has 0 aliphatic rings. The van der Waals surface area contributed by atoms with E-state index in [1.807, 2.05) is 12.3 Å². The molecule has 5 heteroatoms. The zero-order valence-corrected chi connectivity index (χ0v) is 7.56. The summed E-state index contributed by atoms with van der Waals surface area (Å²) in [6.07, 6.45) is 3.16. The number of amides is 1. The van der Waals surface area contributed by atoms with Crippen molar-refractivity contribution in [3.63, 3.8) is 0 Å². The van der Waals surface area contributed by atoms with Crippen LogP contribution < -0.4 is 5.32 Å². The smallest absolute Gasteiger partial charge is 0.407 e. The van der Waals surface area contributed by atoms with Crippen molar-refractivity contribution in [3.8, 4) is 0 Å². The summed E-state index contributed by atoms with van der Waals surface area (Å²) in [5.41, 5.74) is 0. The molecule has 0 bridgehead atoms. The summed E-state index contributed by atoms with van der Waals surface area (Å²) in [4.78, 5) is 10.8. The van der Waals surface area contributed by atoms with Gasteiger partial charge in [-0.1, -0.05) is 0 Å². The highest BCUT2D eigenvalue weighted by atomic mass is 16.5. The highest BCUT2D eigenvalue weighted by Crippen LogP contribution is 1.83. The average Bonchev–Trinajstić information content (AvgIpc) is 2.57. The standard InChI is InChI=1S/C8H13N3O2/c1-2-13-8(12)9-5-7-11-6-3-4-10-11/h3-4,6H,2,5,7H2,1H3,(H,9,12). The molecule has 0 unspecified atom stereocenters. The predicted molar refractivity (Wildman–Crippen MR) is 47.3 cm³/mol. The molecule has 0 aromatic carbocycles. The van der Waals surface area contributed by atoms with E-state index in [4.69, 9.17) is 0 Å². The second-order valence-electron chi connectivity index (χ2n) is 2.42. The van der Waals surface area contributed by atoms with Crippen LogP contribution in [0.25, 0.3) is 0 Å². The van der Waals surface area contributed by atoms with Gasteiger partial charge in [0, 0.05) is 18.9 Å². The highest BCUT2D eigenvalue weighted by Gasteiger charge is 1.98. The van der Waals surface area contributed by atoms with Gasteiger partial charge in [0.2, 0.25) is 0 Å². The Kier molecular flexibility index (Phi) is 3.81. The molecular weight excluding hydrogens is 170 g/mol. The lowest BCUT2D eigenvalue weighted by Crippen LogP contribution is -2.27. The fraction of sp³-hybridized carbons (Fsp3) is 0.500. The number of nitrogens with zero attached hydrogens (tertiary/aromatic N) is 2. The molecule has 0 aliphatic carbocycles. The third-order valence-electron chi connectivity index (χ3n) is 1.44. The third-order valence-corrected chi connectivity index (χ3v) is 1.44. The molecule has 1 N–H and O–H groups in total. The van der Waals surface area contributed by atoms with E-state index in [0.717, 1.165) is 0 Å². The molecule has 0 spiro atoms. The van der Waals surface area contributed by atoms with Crippen LogP contribution in [-0.4, -0.2) is 29.0 Å². The summed E-state index contributed by atoms with van der Waals surface area (Å²) in [6.45, 7) is 3.35. The SMILES string of the molecule is CCOC(=O)NCCn1cccn1. The zero-order chi connectivity index (χ0) is 9.52. The minimum Gasteiger partial charge on any atom is -0.450 e. The van der Waals surface area contributed by atoms with E-state index in [9.17, 15) is 4.79 Å². The first-order valence-electron chi connectivity index (χ1n) is 4.21. The van der Waals surface area contributed by atoms with E-state index in [2.05, 4.69) is 15.2 Å². The Labute approximate surface area is 76.7 Å². The van der Waals surface area contributed by atoms with Gasteiger partial charge in [0.05, 0.1) is 13.2 Å². The van der Waals surface area contributed by atoms with Crippen LogP contribution in [0.15, 0.2) is 18.5 Å². The van der Waals surface area contributed by atoms with E-state index in [1.54, 1.807) is 17.8 Å². The monoisotopic (exact) mass is 183 g/mol. The lowest BCUT2D eigenvalue weighted by Gasteiger charge is -2.04. The van der Waals surface area contributed by atoms with Crippen molar-refractivity contribution < 1.29 is 9.53 Å². The zero-order valence-electron chi connectivity index (χ0n) is 7.56. The molecule has 5 nitrogen and oxygen atoms in total. The van der Waals surface area contributed by atoms with Crippen molar-refractivity contribution in [1.29, 1.82) is 0 Å². The molecule has 1 heterocycles. The number of hydrogen-bond acceptors (Lipinski definition) is 3. The van der Waals surface area contributed by atoms with Gasteiger partial charge < -0.3 is 10.1 Å². The van der Waals surface area contributed by atoms with E-state index >= 15 is 0 Å². The Morgan fingerprint density at radius 1 is 1.69 bits per heavy atom. The van der Waals surface area contributed by atoms with Gasteiger partial charge in [-0.25, -0.2) is 4.79 Å². The van der Waals surface area contributed by atoms with Gasteiger partial charge in [-0.15, -0.1) is 0 Å². The van der Waals surface area contributed by atoms with E-state index in [0.29, 0.717) is 19.7 Å². The summed E-state index contributed by atoms with van der Waals surface area (Å²) in [7, 11) is 0. The number of aromatic nitrogens is 2. The second-order valence-corrected chi connectivity index (χ2v) is 2.42. The van der Waals surface area contributed by atoms with Crippen molar-refractivity contribution in [3.05, 3.63) is 18.5 Å². The highest BCUT2D eigenvalue weighted by molar-refractivity contribution is 5.66. The first-order valence-corrected chi connectivity index (χ1v) is 4.21. The molecular formula is C8H13N3O2. The number of rotatable bonds is 4. The maximum atomic E-state index is 10.8. The van der Waals surface area contributed by atoms with Crippen LogP contribution >= 0.6 is 0 Å². The predicted octanol–water partition coefficient (Wildman–Crippen LogP) is 0.629. The van der Waals surface area contributed by atoms with Crippen molar-refractivity contribution in [1.82, 2.24) is 15.1 Å². The van der Waals surface area contributed by atoms with E-state index < -0.39 is 0 Å². The van der Waals surface area contributed by atoms with Crippen LogP contribution in [0.3, 0.4) is 0 Å². The first kappa shape index (κ1) is 9.57. The molecule has 0 radical (unpaired) electrons. The Bertz CT molecular complexity index is 246. The van der Waals surface area contributed by atoms with Gasteiger partial charge >= 0.3 is 6.09 Å². The molecule has 1 aromatic rings. The number of nitrogens with one attached hydrogen (secondary N) is 1. The quantitative estimate of drug-likeness (QED) is 0.744. The number of carbonyl (C=O) groups is 1. The molecule has 72 valence electrons. The van der Waals surface area contributed by atoms with Crippen LogP contribution in [0.5, 0.6) is 0 Å². The summed E-state index contributed by atoms with van der Waals surface area (Å²) < 4.78 is 6.42. The number of ether oxygens (including phenoxy) is 1. The largest absolute Gasteiger partial charge is 0.450 e. The Balaban J connectivity index is 2.11. The van der Waals surface area contributed by atoms with Crippen molar-refractivity contribution in [2.75, 3.05) is 13.2 Å². The Hall–Kier alpha value is -1.52. The fourth-order valence-electron chi connectivity index (χ4n) is 0.887. The number of alkyl carbamates (subject to hydrolysis) is 1. The summed E-state index contributed by atoms with van der Waals surface area (Å²) in [5.74, 6) is 0. The summed E-state index contributed by atoms with van der Waals surface area (Å²) in [5, 5.41) is 6.58. The van der Waals surface area contributed by atoms with Gasteiger partial charge in [-0.2, -0.15) is 5.10 Å². The molecule has 1 rings (SSSR count). The van der Waals surface area contributed by atoms with Crippen LogP contribution in [-0.2, 0) is 11.3 Å². The molecule has 1 aromatic heterocycles. The molecule has 13 heavy (non-hydrogen) atoms. The van der Waals surface area contributed by atoms with Gasteiger partial charge in [0.25, 0.3) is 0 Å². The molecule has 1 amide bonds. The maximum absolute atomic E-state index is 10.8. The minimum absolute atomic E-state index is 0.380. The first-order chi connectivity index (χ1) is 6.33. The third kappa shape index (κ3) is 3.59. The van der Waals surface area contributed by atoms with Gasteiger partial charge in [-0.3, -0.25) is 4.68 Å². The molecule has 0 saturated carbocycles. The lowest BCUT2D eigenvalue weighted by molar-refractivity contribution is 0.151. The Morgan fingerprint density at radius 2 is 2.54 bits per heavy atom. The minimum atomic E-state index is -0.380. The second kappa shape index (κ2) is 5.18. The summed E-state index contributed by atoms with van der Waals surface area (Å²) in [6, 6.07) is 1.84. The van der Waals surface area contributed by atoms with E-state index in [-0.39, 0.29) is 6.09 Å². The van der Waals surface area contributed by atoms with Gasteiger partial charge in [0.1, 0.15) is 0 Å². The lowest BCUT2D eigenvalue weighted by atomic mass is 10.6. The maximum Gasteiger partial charge on any atom is 0.407 e. The van der Waals surface area contributed by atoms with Crippen LogP contribution in [0.2, 0.25) is 0 Å². The van der Waals surface area contributed by atoms with Crippen molar-refractivity contribution >= 4 is 6.09 Å². The number of carbonyl (C=O) groups excluding carboxylic acids is 1. The van der Waals surface area contributed by atoms with Crippen molar-refractivity contribution in [2.24, 2.45) is 0 Å². The number of hydrogen-bond donors (Lipinski definition) is 1. The average molecular weight is 183 g/mol. The normalized spacial score (nSPS) is 9.62. The molecule has 0 aliphatic heterocycles. The molecule has 0 atom stereocenters.